The molecule has 0 saturated carbocycles. The standard InChI is InChI=1S/C19H19N5OS/c1-11(2)15-6-4-5-7-16(15)23-18(25)12(3)26-19-14(10-21)8-13(9-20)17(22)24-19/h4-8,11-12H,1-3H3,(H2,22,24)(H,23,25). The van der Waals surface area contributed by atoms with E-state index in [4.69, 9.17) is 11.0 Å². The molecule has 2 aromatic rings. The van der Waals surface area contributed by atoms with Gasteiger partial charge in [-0.05, 0) is 30.5 Å². The van der Waals surface area contributed by atoms with E-state index < -0.39 is 5.25 Å². The Balaban J connectivity index is 2.20. The number of thioether (sulfide) groups is 1. The minimum Gasteiger partial charge on any atom is -0.383 e. The summed E-state index contributed by atoms with van der Waals surface area (Å²) in [6, 6.07) is 12.9. The number of anilines is 2. The van der Waals surface area contributed by atoms with Gasteiger partial charge in [-0.25, -0.2) is 4.98 Å². The van der Waals surface area contributed by atoms with Crippen LogP contribution < -0.4 is 11.1 Å². The van der Waals surface area contributed by atoms with Crippen molar-refractivity contribution >= 4 is 29.2 Å². The molecule has 1 aromatic heterocycles. The van der Waals surface area contributed by atoms with Gasteiger partial charge in [-0.2, -0.15) is 10.5 Å². The quantitative estimate of drug-likeness (QED) is 0.781. The molecule has 7 heteroatoms. The first-order valence-corrected chi connectivity index (χ1v) is 8.92. The largest absolute Gasteiger partial charge is 0.383 e. The van der Waals surface area contributed by atoms with Crippen LogP contribution in [-0.4, -0.2) is 16.1 Å². The Bertz CT molecular complexity index is 911. The second-order valence-corrected chi connectivity index (χ2v) is 7.32. The second-order valence-electron chi connectivity index (χ2n) is 5.99. The van der Waals surface area contributed by atoms with Crippen molar-refractivity contribution in [1.82, 2.24) is 4.98 Å². The summed E-state index contributed by atoms with van der Waals surface area (Å²) in [4.78, 5) is 16.7. The second kappa shape index (κ2) is 8.37. The molecule has 0 radical (unpaired) electrons. The first-order chi connectivity index (χ1) is 12.4. The molecule has 0 aliphatic heterocycles. The number of hydrogen-bond acceptors (Lipinski definition) is 6. The highest BCUT2D eigenvalue weighted by Crippen LogP contribution is 2.29. The summed E-state index contributed by atoms with van der Waals surface area (Å²) in [6.07, 6.45) is 0. The smallest absolute Gasteiger partial charge is 0.237 e. The lowest BCUT2D eigenvalue weighted by molar-refractivity contribution is -0.115. The predicted molar refractivity (Wildman–Crippen MR) is 103 cm³/mol. The van der Waals surface area contributed by atoms with Gasteiger partial charge in [-0.3, -0.25) is 4.79 Å². The number of aromatic nitrogens is 1. The molecule has 1 atom stereocenters. The number of nitrogens with zero attached hydrogens (tertiary/aromatic N) is 3. The lowest BCUT2D eigenvalue weighted by Gasteiger charge is -2.16. The zero-order valence-corrected chi connectivity index (χ0v) is 15.6. The molecular formula is C19H19N5OS. The molecule has 1 aromatic carbocycles. The Kier molecular flexibility index (Phi) is 6.21. The van der Waals surface area contributed by atoms with Crippen LogP contribution in [0.3, 0.4) is 0 Å². The molecule has 0 aliphatic carbocycles. The number of carbonyl (C=O) groups excluding carboxylic acids is 1. The molecule has 3 N–H and O–H groups in total. The first-order valence-electron chi connectivity index (χ1n) is 8.04. The van der Waals surface area contributed by atoms with Gasteiger partial charge in [0.1, 0.15) is 23.0 Å². The fourth-order valence-corrected chi connectivity index (χ4v) is 3.22. The number of carbonyl (C=O) groups is 1. The van der Waals surface area contributed by atoms with E-state index in [1.807, 2.05) is 36.4 Å². The summed E-state index contributed by atoms with van der Waals surface area (Å²) in [5.41, 5.74) is 7.92. The summed E-state index contributed by atoms with van der Waals surface area (Å²) in [7, 11) is 0. The summed E-state index contributed by atoms with van der Waals surface area (Å²) in [5, 5.41) is 21.0. The number of para-hydroxylation sites is 1. The fourth-order valence-electron chi connectivity index (χ4n) is 2.34. The molecule has 2 rings (SSSR count). The van der Waals surface area contributed by atoms with Crippen molar-refractivity contribution in [1.29, 1.82) is 10.5 Å². The van der Waals surface area contributed by atoms with Crippen LogP contribution in [0.25, 0.3) is 0 Å². The molecular weight excluding hydrogens is 346 g/mol. The van der Waals surface area contributed by atoms with E-state index in [0.29, 0.717) is 5.03 Å². The Labute approximate surface area is 157 Å². The van der Waals surface area contributed by atoms with Crippen molar-refractivity contribution in [2.45, 2.75) is 37.0 Å². The highest BCUT2D eigenvalue weighted by molar-refractivity contribution is 8.00. The Morgan fingerprint density at radius 2 is 1.85 bits per heavy atom. The number of nitriles is 2. The third-order valence-electron chi connectivity index (χ3n) is 3.76. The lowest BCUT2D eigenvalue weighted by Crippen LogP contribution is -2.23. The highest BCUT2D eigenvalue weighted by atomic mass is 32.2. The Hall–Kier alpha value is -3.03. The van der Waals surface area contributed by atoms with Crippen molar-refractivity contribution < 1.29 is 4.79 Å². The van der Waals surface area contributed by atoms with Gasteiger partial charge in [-0.15, -0.1) is 0 Å². The van der Waals surface area contributed by atoms with Crippen molar-refractivity contribution in [3.05, 3.63) is 47.0 Å². The summed E-state index contributed by atoms with van der Waals surface area (Å²) in [6.45, 7) is 5.85. The van der Waals surface area contributed by atoms with Crippen LogP contribution in [0.5, 0.6) is 0 Å². The van der Waals surface area contributed by atoms with Gasteiger partial charge in [0.2, 0.25) is 5.91 Å². The number of rotatable bonds is 5. The van der Waals surface area contributed by atoms with E-state index in [-0.39, 0.29) is 28.8 Å². The third kappa shape index (κ3) is 4.33. The van der Waals surface area contributed by atoms with Crippen LogP contribution in [0, 0.1) is 22.7 Å². The number of nitrogens with two attached hydrogens (primary N) is 1. The Morgan fingerprint density at radius 1 is 1.19 bits per heavy atom. The molecule has 6 nitrogen and oxygen atoms in total. The van der Waals surface area contributed by atoms with Crippen LogP contribution in [-0.2, 0) is 4.79 Å². The topological polar surface area (TPSA) is 116 Å². The normalized spacial score (nSPS) is 11.5. The number of benzene rings is 1. The average Bonchev–Trinajstić information content (AvgIpc) is 2.62. The van der Waals surface area contributed by atoms with E-state index in [1.165, 1.54) is 6.07 Å². The van der Waals surface area contributed by atoms with Gasteiger partial charge in [-0.1, -0.05) is 43.8 Å². The van der Waals surface area contributed by atoms with Gasteiger partial charge >= 0.3 is 0 Å². The maximum atomic E-state index is 12.6. The van der Waals surface area contributed by atoms with Gasteiger partial charge in [0.25, 0.3) is 0 Å². The molecule has 0 spiro atoms. The van der Waals surface area contributed by atoms with E-state index in [0.717, 1.165) is 23.0 Å². The van der Waals surface area contributed by atoms with E-state index in [9.17, 15) is 10.1 Å². The molecule has 132 valence electrons. The zero-order chi connectivity index (χ0) is 19.3. The number of hydrogen-bond donors (Lipinski definition) is 2. The van der Waals surface area contributed by atoms with Crippen molar-refractivity contribution in [2.24, 2.45) is 0 Å². The van der Waals surface area contributed by atoms with Gasteiger partial charge < -0.3 is 11.1 Å². The van der Waals surface area contributed by atoms with Crippen molar-refractivity contribution in [3.63, 3.8) is 0 Å². The van der Waals surface area contributed by atoms with Crippen LogP contribution in [0.1, 0.15) is 43.4 Å². The SMILES string of the molecule is CC(Sc1nc(N)c(C#N)cc1C#N)C(=O)Nc1ccccc1C(C)C. The Morgan fingerprint density at radius 3 is 2.46 bits per heavy atom. The summed E-state index contributed by atoms with van der Waals surface area (Å²) >= 11 is 1.13. The van der Waals surface area contributed by atoms with Gasteiger partial charge in [0.15, 0.2) is 0 Å². The minimum absolute atomic E-state index is 0.0479. The number of nitrogen functional groups attached to an aromatic ring is 1. The fraction of sp³-hybridized carbons (Fsp3) is 0.263. The molecule has 1 amide bonds. The molecule has 0 aliphatic rings. The maximum absolute atomic E-state index is 12.6. The van der Waals surface area contributed by atoms with E-state index in [1.54, 1.807) is 6.92 Å². The first kappa shape index (κ1) is 19.3. The zero-order valence-electron chi connectivity index (χ0n) is 14.8. The molecule has 0 bridgehead atoms. The number of nitrogens with one attached hydrogen (secondary N) is 1. The summed E-state index contributed by atoms with van der Waals surface area (Å²) < 4.78 is 0. The molecule has 26 heavy (non-hydrogen) atoms. The van der Waals surface area contributed by atoms with E-state index >= 15 is 0 Å². The number of amides is 1. The molecule has 1 unspecified atom stereocenters. The summed E-state index contributed by atoms with van der Waals surface area (Å²) in [5.74, 6) is 0.128. The van der Waals surface area contributed by atoms with Crippen LogP contribution in [0.4, 0.5) is 11.5 Å². The van der Waals surface area contributed by atoms with Crippen LogP contribution >= 0.6 is 11.8 Å². The van der Waals surface area contributed by atoms with Gasteiger partial charge in [0.05, 0.1) is 16.4 Å². The monoisotopic (exact) mass is 365 g/mol. The third-order valence-corrected chi connectivity index (χ3v) is 4.86. The van der Waals surface area contributed by atoms with Crippen LogP contribution in [0.2, 0.25) is 0 Å². The number of pyridine rings is 1. The van der Waals surface area contributed by atoms with E-state index in [2.05, 4.69) is 24.1 Å². The molecule has 1 heterocycles. The van der Waals surface area contributed by atoms with Crippen molar-refractivity contribution in [2.75, 3.05) is 11.1 Å². The maximum Gasteiger partial charge on any atom is 0.237 e. The molecule has 0 fully saturated rings. The van der Waals surface area contributed by atoms with Crippen molar-refractivity contribution in [3.8, 4) is 12.1 Å². The van der Waals surface area contributed by atoms with Gasteiger partial charge in [0, 0.05) is 5.69 Å². The minimum atomic E-state index is -0.498. The average molecular weight is 365 g/mol. The lowest BCUT2D eigenvalue weighted by atomic mass is 10.0. The highest BCUT2D eigenvalue weighted by Gasteiger charge is 2.20. The molecule has 0 saturated heterocycles. The predicted octanol–water partition coefficient (Wildman–Crippen LogP) is 3.65. The van der Waals surface area contributed by atoms with Crippen LogP contribution in [0.15, 0.2) is 35.4 Å².